The molecule has 1 N–H and O–H groups in total. The van der Waals surface area contributed by atoms with E-state index in [1.807, 2.05) is 6.92 Å². The average Bonchev–Trinajstić information content (AvgIpc) is 2.62. The second kappa shape index (κ2) is 5.53. The molecule has 0 spiro atoms. The highest BCUT2D eigenvalue weighted by Gasteiger charge is 2.22. The molecule has 1 aromatic rings. The van der Waals surface area contributed by atoms with Crippen molar-refractivity contribution < 1.29 is 4.79 Å². The lowest BCUT2D eigenvalue weighted by Crippen LogP contribution is -2.20. The van der Waals surface area contributed by atoms with E-state index >= 15 is 0 Å². The molecule has 94 valence electrons. The highest BCUT2D eigenvalue weighted by atomic mass is 32.2. The summed E-state index contributed by atoms with van der Waals surface area (Å²) in [5.41, 5.74) is -0.156. The molecular weight excluding hydrogens is 238 g/mol. The summed E-state index contributed by atoms with van der Waals surface area (Å²) in [7, 11) is 0. The summed E-state index contributed by atoms with van der Waals surface area (Å²) in [6.07, 6.45) is 4.20. The Kier molecular flexibility index (Phi) is 4.04. The van der Waals surface area contributed by atoms with Crippen molar-refractivity contribution in [2.24, 2.45) is 0 Å². The van der Waals surface area contributed by atoms with Crippen molar-refractivity contribution in [3.63, 3.8) is 0 Å². The summed E-state index contributed by atoms with van der Waals surface area (Å²) >= 11 is 1.56. The lowest BCUT2D eigenvalue weighted by Gasteiger charge is -2.19. The minimum absolute atomic E-state index is 0.156. The first-order chi connectivity index (χ1) is 8.20. The third kappa shape index (κ3) is 3.00. The van der Waals surface area contributed by atoms with Gasteiger partial charge in [-0.05, 0) is 19.3 Å². The van der Waals surface area contributed by atoms with Crippen LogP contribution in [-0.2, 0) is 11.3 Å². The number of ketones is 1. The van der Waals surface area contributed by atoms with Gasteiger partial charge in [-0.25, -0.2) is 9.89 Å². The van der Waals surface area contributed by atoms with Crippen molar-refractivity contribution in [3.8, 4) is 0 Å². The Morgan fingerprint density at radius 3 is 3.06 bits per heavy atom. The van der Waals surface area contributed by atoms with Crippen LogP contribution in [0, 0.1) is 0 Å². The molecule has 5 nitrogen and oxygen atoms in total. The van der Waals surface area contributed by atoms with Crippen molar-refractivity contribution in [1.82, 2.24) is 14.8 Å². The fourth-order valence-electron chi connectivity index (χ4n) is 2.05. The molecule has 17 heavy (non-hydrogen) atoms. The van der Waals surface area contributed by atoms with Crippen LogP contribution in [0.15, 0.2) is 9.95 Å². The van der Waals surface area contributed by atoms with Gasteiger partial charge in [0.15, 0.2) is 5.16 Å². The summed E-state index contributed by atoms with van der Waals surface area (Å²) in [6, 6.07) is 0. The first-order valence-electron chi connectivity index (χ1n) is 6.04. The predicted octanol–water partition coefficient (Wildman–Crippen LogP) is 1.59. The quantitative estimate of drug-likeness (QED) is 0.887. The minimum Gasteiger partial charge on any atom is -0.300 e. The monoisotopic (exact) mass is 255 g/mol. The molecule has 0 amide bonds. The standard InChI is InChI=1S/C11H17N3O2S/c1-2-6-14-10(16)12-13-11(14)17-9-5-3-4-8(15)7-9/h9H,2-7H2,1H3,(H,12,16). The second-order valence-corrected chi connectivity index (χ2v) is 5.61. The zero-order valence-electron chi connectivity index (χ0n) is 9.94. The van der Waals surface area contributed by atoms with Crippen molar-refractivity contribution in [2.75, 3.05) is 0 Å². The number of carbonyl (C=O) groups excluding carboxylic acids is 1. The molecule has 0 aliphatic heterocycles. The van der Waals surface area contributed by atoms with Crippen molar-refractivity contribution >= 4 is 17.5 Å². The van der Waals surface area contributed by atoms with Gasteiger partial charge in [0, 0.05) is 24.6 Å². The van der Waals surface area contributed by atoms with E-state index in [9.17, 15) is 9.59 Å². The van der Waals surface area contributed by atoms with E-state index in [0.717, 1.165) is 24.4 Å². The topological polar surface area (TPSA) is 67.8 Å². The molecule has 1 aliphatic rings. The van der Waals surface area contributed by atoms with E-state index in [2.05, 4.69) is 10.2 Å². The Hall–Kier alpha value is -1.04. The number of carbonyl (C=O) groups is 1. The molecule has 0 radical (unpaired) electrons. The van der Waals surface area contributed by atoms with Gasteiger partial charge in [0.2, 0.25) is 0 Å². The van der Waals surface area contributed by atoms with E-state index in [4.69, 9.17) is 0 Å². The van der Waals surface area contributed by atoms with Crippen LogP contribution in [0.2, 0.25) is 0 Å². The van der Waals surface area contributed by atoms with E-state index in [0.29, 0.717) is 25.2 Å². The van der Waals surface area contributed by atoms with Gasteiger partial charge in [-0.3, -0.25) is 9.36 Å². The number of aromatic amines is 1. The molecule has 1 fully saturated rings. The SMILES string of the molecule is CCCn1c(SC2CCCC(=O)C2)n[nH]c1=O. The molecule has 0 bridgehead atoms. The van der Waals surface area contributed by atoms with E-state index in [-0.39, 0.29) is 10.9 Å². The highest BCUT2D eigenvalue weighted by Crippen LogP contribution is 2.30. The number of H-pyrrole nitrogens is 1. The van der Waals surface area contributed by atoms with Gasteiger partial charge in [0.1, 0.15) is 5.78 Å². The largest absolute Gasteiger partial charge is 0.343 e. The van der Waals surface area contributed by atoms with Crippen LogP contribution in [0.25, 0.3) is 0 Å². The van der Waals surface area contributed by atoms with Crippen molar-refractivity contribution in [1.29, 1.82) is 0 Å². The van der Waals surface area contributed by atoms with Gasteiger partial charge in [0.25, 0.3) is 0 Å². The summed E-state index contributed by atoms with van der Waals surface area (Å²) < 4.78 is 1.66. The molecule has 1 heterocycles. The molecule has 2 rings (SSSR count). The molecular formula is C11H17N3O2S. The maximum absolute atomic E-state index is 11.5. The third-order valence-corrected chi connectivity index (χ3v) is 4.14. The first kappa shape index (κ1) is 12.4. The molecule has 1 unspecified atom stereocenters. The maximum atomic E-state index is 11.5. The number of aromatic nitrogens is 3. The van der Waals surface area contributed by atoms with Crippen LogP contribution >= 0.6 is 11.8 Å². The van der Waals surface area contributed by atoms with Crippen LogP contribution in [0.4, 0.5) is 0 Å². The van der Waals surface area contributed by atoms with Crippen LogP contribution in [0.3, 0.4) is 0 Å². The Bertz CT molecular complexity index is 452. The van der Waals surface area contributed by atoms with Crippen LogP contribution in [-0.4, -0.2) is 25.8 Å². The van der Waals surface area contributed by atoms with Gasteiger partial charge >= 0.3 is 5.69 Å². The Morgan fingerprint density at radius 2 is 2.35 bits per heavy atom. The number of hydrogen-bond acceptors (Lipinski definition) is 4. The summed E-state index contributed by atoms with van der Waals surface area (Å²) in [6.45, 7) is 2.70. The fourth-order valence-corrected chi connectivity index (χ4v) is 3.30. The Morgan fingerprint density at radius 1 is 1.53 bits per heavy atom. The van der Waals surface area contributed by atoms with Gasteiger partial charge in [0.05, 0.1) is 0 Å². The summed E-state index contributed by atoms with van der Waals surface area (Å²) in [5.74, 6) is 0.327. The number of hydrogen-bond donors (Lipinski definition) is 1. The van der Waals surface area contributed by atoms with Gasteiger partial charge in [-0.15, -0.1) is 5.10 Å². The van der Waals surface area contributed by atoms with Gasteiger partial charge < -0.3 is 0 Å². The van der Waals surface area contributed by atoms with Crippen LogP contribution in [0.1, 0.15) is 39.0 Å². The van der Waals surface area contributed by atoms with Gasteiger partial charge in [-0.2, -0.15) is 0 Å². The number of nitrogens with one attached hydrogen (secondary N) is 1. The molecule has 0 aromatic carbocycles. The fraction of sp³-hybridized carbons (Fsp3) is 0.727. The zero-order valence-corrected chi connectivity index (χ0v) is 10.8. The molecule has 1 atom stereocenters. The maximum Gasteiger partial charge on any atom is 0.343 e. The van der Waals surface area contributed by atoms with Crippen LogP contribution in [0.5, 0.6) is 0 Å². The lowest BCUT2D eigenvalue weighted by atomic mass is 9.99. The molecule has 6 heteroatoms. The average molecular weight is 255 g/mol. The summed E-state index contributed by atoms with van der Waals surface area (Å²) in [4.78, 5) is 22.9. The molecule has 1 aromatic heterocycles. The van der Waals surface area contributed by atoms with Crippen molar-refractivity contribution in [3.05, 3.63) is 10.5 Å². The molecule has 0 saturated heterocycles. The highest BCUT2D eigenvalue weighted by molar-refractivity contribution is 7.99. The number of rotatable bonds is 4. The smallest absolute Gasteiger partial charge is 0.300 e. The lowest BCUT2D eigenvalue weighted by molar-refractivity contribution is -0.120. The number of thioether (sulfide) groups is 1. The predicted molar refractivity (Wildman–Crippen MR) is 66.3 cm³/mol. The summed E-state index contributed by atoms with van der Waals surface area (Å²) in [5, 5.41) is 7.50. The minimum atomic E-state index is -0.156. The van der Waals surface area contributed by atoms with E-state index in [1.165, 1.54) is 0 Å². The van der Waals surface area contributed by atoms with Gasteiger partial charge in [-0.1, -0.05) is 18.7 Å². The molecule has 1 aliphatic carbocycles. The van der Waals surface area contributed by atoms with Crippen molar-refractivity contribution in [2.45, 2.75) is 56.0 Å². The second-order valence-electron chi connectivity index (χ2n) is 4.34. The molecule has 1 saturated carbocycles. The van der Waals surface area contributed by atoms with Crippen LogP contribution < -0.4 is 5.69 Å². The normalized spacial score (nSPS) is 20.8. The van der Waals surface area contributed by atoms with E-state index < -0.39 is 0 Å². The zero-order chi connectivity index (χ0) is 12.3. The number of Topliss-reactive ketones (excluding diaryl/α,β-unsaturated/α-hetero) is 1. The first-order valence-corrected chi connectivity index (χ1v) is 6.92. The Labute approximate surface area is 104 Å². The number of nitrogens with zero attached hydrogens (tertiary/aromatic N) is 2. The van der Waals surface area contributed by atoms with E-state index in [1.54, 1.807) is 16.3 Å². The Balaban J connectivity index is 2.07. The third-order valence-electron chi connectivity index (χ3n) is 2.88.